The van der Waals surface area contributed by atoms with E-state index in [1.807, 2.05) is 24.3 Å². The molecule has 1 aliphatic carbocycles. The lowest BCUT2D eigenvalue weighted by atomic mass is 9.99. The van der Waals surface area contributed by atoms with Crippen LogP contribution in [0.3, 0.4) is 0 Å². The fourth-order valence-corrected chi connectivity index (χ4v) is 4.85. The number of rotatable bonds is 9. The zero-order valence-electron chi connectivity index (χ0n) is 19.6. The second-order valence-electron chi connectivity index (χ2n) is 9.16. The van der Waals surface area contributed by atoms with E-state index in [9.17, 15) is 9.90 Å². The Bertz CT molecular complexity index is 1340. The van der Waals surface area contributed by atoms with E-state index >= 15 is 0 Å². The molecular formula is C29H30N2O4. The number of hydrogen-bond acceptors (Lipinski definition) is 5. The summed E-state index contributed by atoms with van der Waals surface area (Å²) in [6.07, 6.45) is 6.46. The van der Waals surface area contributed by atoms with Gasteiger partial charge in [-0.2, -0.15) is 0 Å². The predicted octanol–water partition coefficient (Wildman–Crippen LogP) is 6.12. The molecule has 0 bridgehead atoms. The minimum absolute atomic E-state index is 0.0839. The summed E-state index contributed by atoms with van der Waals surface area (Å²) in [5.41, 5.74) is 12.5. The number of fused-ring (bicyclic) bond motifs is 1. The van der Waals surface area contributed by atoms with Gasteiger partial charge in [0.1, 0.15) is 12.4 Å². The minimum atomic E-state index is -0.887. The summed E-state index contributed by atoms with van der Waals surface area (Å²) < 4.78 is 12.1. The Morgan fingerprint density at radius 2 is 1.86 bits per heavy atom. The maximum absolute atomic E-state index is 11.2. The number of furan rings is 1. The average molecular weight is 471 g/mol. The number of benzene rings is 3. The lowest BCUT2D eigenvalue weighted by Crippen LogP contribution is -2.14. The Kier molecular flexibility index (Phi) is 6.73. The fourth-order valence-electron chi connectivity index (χ4n) is 4.85. The molecule has 0 atom stereocenters. The van der Waals surface area contributed by atoms with E-state index in [4.69, 9.17) is 14.9 Å². The van der Waals surface area contributed by atoms with E-state index in [0.29, 0.717) is 23.9 Å². The largest absolute Gasteiger partial charge is 0.488 e. The van der Waals surface area contributed by atoms with Gasteiger partial charge in [0.25, 0.3) is 0 Å². The van der Waals surface area contributed by atoms with Gasteiger partial charge >= 0.3 is 5.97 Å². The molecule has 180 valence electrons. The number of nitrogens with one attached hydrogen (secondary N) is 1. The number of para-hydroxylation sites is 1. The molecule has 1 heterocycles. The lowest BCUT2D eigenvalue weighted by Gasteiger charge is -2.16. The van der Waals surface area contributed by atoms with E-state index in [2.05, 4.69) is 29.6 Å². The molecule has 4 N–H and O–H groups in total. The van der Waals surface area contributed by atoms with Gasteiger partial charge in [-0.1, -0.05) is 49.2 Å². The van der Waals surface area contributed by atoms with E-state index in [-0.39, 0.29) is 13.0 Å². The monoisotopic (exact) mass is 470 g/mol. The first-order valence-electron chi connectivity index (χ1n) is 12.1. The summed E-state index contributed by atoms with van der Waals surface area (Å²) in [6.45, 7) is 0.766. The van der Waals surface area contributed by atoms with Gasteiger partial charge in [0.05, 0.1) is 18.4 Å². The summed E-state index contributed by atoms with van der Waals surface area (Å²) in [7, 11) is 0. The molecule has 0 unspecified atom stereocenters. The Morgan fingerprint density at radius 3 is 2.66 bits per heavy atom. The molecule has 6 heteroatoms. The molecule has 0 saturated heterocycles. The zero-order chi connectivity index (χ0) is 24.2. The first-order chi connectivity index (χ1) is 17.1. The van der Waals surface area contributed by atoms with Crippen molar-refractivity contribution in [3.8, 4) is 16.9 Å². The van der Waals surface area contributed by atoms with Crippen LogP contribution in [0, 0.1) is 0 Å². The topological polar surface area (TPSA) is 97.7 Å². The Morgan fingerprint density at radius 1 is 1.03 bits per heavy atom. The van der Waals surface area contributed by atoms with Gasteiger partial charge in [-0.25, -0.2) is 0 Å². The van der Waals surface area contributed by atoms with Gasteiger partial charge in [-0.15, -0.1) is 0 Å². The fraction of sp³-hybridized carbons (Fsp3) is 0.276. The van der Waals surface area contributed by atoms with E-state index in [1.54, 1.807) is 18.4 Å². The van der Waals surface area contributed by atoms with Crippen molar-refractivity contribution in [2.45, 2.75) is 51.3 Å². The number of nitrogens with two attached hydrogens (primary N) is 1. The van der Waals surface area contributed by atoms with Crippen LogP contribution in [-0.2, 0) is 24.4 Å². The molecule has 0 spiro atoms. The molecule has 6 nitrogen and oxygen atoms in total. The molecule has 0 radical (unpaired) electrons. The Hall–Kier alpha value is -3.77. The van der Waals surface area contributed by atoms with Gasteiger partial charge in [0.15, 0.2) is 5.58 Å². The highest BCUT2D eigenvalue weighted by Gasteiger charge is 2.19. The number of anilines is 1. The molecule has 4 aromatic rings. The van der Waals surface area contributed by atoms with Crippen molar-refractivity contribution in [2.24, 2.45) is 5.73 Å². The standard InChI is InChI=1S/C29H30N2O4/c30-16-19-6-5-8-20(12-19)22-13-25-23(17-34-27-11-4-1-7-21(27)15-28(32)33)18-35-29(25)26(14-22)31-24-9-2-3-10-24/h1,4-8,11-14,18,24,31H,2-3,9-10,15-17,30H2,(H,32,33). The quantitative estimate of drug-likeness (QED) is 0.273. The summed E-state index contributed by atoms with van der Waals surface area (Å²) in [4.78, 5) is 11.2. The first kappa shape index (κ1) is 23.0. The van der Waals surface area contributed by atoms with Crippen LogP contribution >= 0.6 is 0 Å². The summed E-state index contributed by atoms with van der Waals surface area (Å²) in [5, 5.41) is 13.9. The lowest BCUT2D eigenvalue weighted by molar-refractivity contribution is -0.136. The SMILES string of the molecule is NCc1cccc(-c2cc(NC3CCCC3)c3occ(COc4ccccc4CC(=O)O)c3c2)c1. The van der Waals surface area contributed by atoms with Crippen molar-refractivity contribution in [3.05, 3.63) is 83.6 Å². The first-order valence-corrected chi connectivity index (χ1v) is 12.1. The van der Waals surface area contributed by atoms with Crippen LogP contribution in [-0.4, -0.2) is 17.1 Å². The van der Waals surface area contributed by atoms with Crippen LogP contribution in [0.1, 0.15) is 42.4 Å². The smallest absolute Gasteiger partial charge is 0.307 e. The molecule has 1 fully saturated rings. The Labute approximate surface area is 204 Å². The van der Waals surface area contributed by atoms with Crippen LogP contribution in [0.4, 0.5) is 5.69 Å². The number of carbonyl (C=O) groups is 1. The molecule has 1 saturated carbocycles. The molecule has 35 heavy (non-hydrogen) atoms. The summed E-state index contributed by atoms with van der Waals surface area (Å²) in [5.74, 6) is -0.317. The number of hydrogen-bond donors (Lipinski definition) is 3. The highest BCUT2D eigenvalue weighted by atomic mass is 16.5. The third-order valence-corrected chi connectivity index (χ3v) is 6.66. The van der Waals surface area contributed by atoms with Crippen LogP contribution in [0.15, 0.2) is 71.3 Å². The maximum atomic E-state index is 11.2. The molecule has 0 amide bonds. The highest BCUT2D eigenvalue weighted by Crippen LogP contribution is 2.36. The van der Waals surface area contributed by atoms with Crippen molar-refractivity contribution in [1.29, 1.82) is 0 Å². The van der Waals surface area contributed by atoms with Crippen LogP contribution in [0.5, 0.6) is 5.75 Å². The van der Waals surface area contributed by atoms with Gasteiger partial charge < -0.3 is 25.3 Å². The average Bonchev–Trinajstić information content (AvgIpc) is 3.53. The Balaban J connectivity index is 1.51. The van der Waals surface area contributed by atoms with E-state index in [1.165, 1.54) is 12.8 Å². The van der Waals surface area contributed by atoms with Crippen molar-refractivity contribution < 1.29 is 19.1 Å². The zero-order valence-corrected chi connectivity index (χ0v) is 19.6. The molecule has 1 aliphatic rings. The van der Waals surface area contributed by atoms with Crippen LogP contribution in [0.25, 0.3) is 22.1 Å². The summed E-state index contributed by atoms with van der Waals surface area (Å²) in [6, 6.07) is 20.3. The third kappa shape index (κ3) is 5.17. The maximum Gasteiger partial charge on any atom is 0.307 e. The molecule has 1 aromatic heterocycles. The number of aliphatic carboxylic acids is 1. The second kappa shape index (κ2) is 10.2. The van der Waals surface area contributed by atoms with Crippen molar-refractivity contribution in [2.75, 3.05) is 5.32 Å². The molecule has 5 rings (SSSR count). The molecule has 3 aromatic carbocycles. The number of carboxylic acids is 1. The number of ether oxygens (including phenoxy) is 1. The highest BCUT2D eigenvalue weighted by molar-refractivity contribution is 5.96. The summed E-state index contributed by atoms with van der Waals surface area (Å²) >= 11 is 0. The second-order valence-corrected chi connectivity index (χ2v) is 9.16. The van der Waals surface area contributed by atoms with Crippen LogP contribution in [0.2, 0.25) is 0 Å². The van der Waals surface area contributed by atoms with Crippen molar-refractivity contribution in [1.82, 2.24) is 0 Å². The van der Waals surface area contributed by atoms with Gasteiger partial charge in [0.2, 0.25) is 0 Å². The molecule has 0 aliphatic heterocycles. The van der Waals surface area contributed by atoms with Gasteiger partial charge in [0, 0.05) is 29.1 Å². The van der Waals surface area contributed by atoms with E-state index in [0.717, 1.165) is 51.8 Å². The normalized spacial score (nSPS) is 13.9. The number of carboxylic acid groups (broad SMARTS) is 1. The minimum Gasteiger partial charge on any atom is -0.488 e. The van der Waals surface area contributed by atoms with Gasteiger partial charge in [-0.05, 0) is 53.8 Å². The van der Waals surface area contributed by atoms with E-state index < -0.39 is 5.97 Å². The third-order valence-electron chi connectivity index (χ3n) is 6.66. The van der Waals surface area contributed by atoms with Crippen molar-refractivity contribution >= 4 is 22.6 Å². The van der Waals surface area contributed by atoms with Crippen LogP contribution < -0.4 is 15.8 Å². The van der Waals surface area contributed by atoms with Crippen molar-refractivity contribution in [3.63, 3.8) is 0 Å². The molecular weight excluding hydrogens is 440 g/mol. The predicted molar refractivity (Wildman–Crippen MR) is 138 cm³/mol. The van der Waals surface area contributed by atoms with Gasteiger partial charge in [-0.3, -0.25) is 4.79 Å².